The van der Waals surface area contributed by atoms with Crippen LogP contribution in [-0.2, 0) is 19.2 Å². The Hall–Kier alpha value is -2.12. The third kappa shape index (κ3) is 9.81. The highest BCUT2D eigenvalue weighted by molar-refractivity contribution is 5.78. The summed E-state index contributed by atoms with van der Waals surface area (Å²) in [5.74, 6) is -2.29. The van der Waals surface area contributed by atoms with Crippen LogP contribution in [0, 0.1) is 0 Å². The predicted molar refractivity (Wildman–Crippen MR) is 87.5 cm³/mol. The van der Waals surface area contributed by atoms with Gasteiger partial charge in [0.1, 0.15) is 0 Å². The van der Waals surface area contributed by atoms with E-state index in [4.69, 9.17) is 10.2 Å². The van der Waals surface area contributed by atoms with E-state index in [2.05, 4.69) is 0 Å². The van der Waals surface area contributed by atoms with Crippen LogP contribution in [0.25, 0.3) is 0 Å². The molecule has 0 fully saturated rings. The molecule has 0 aromatic rings. The van der Waals surface area contributed by atoms with Gasteiger partial charge in [0, 0.05) is 39.0 Å². The number of carbonyl (C=O) groups is 4. The molecule has 0 unspecified atom stereocenters. The molecule has 8 heteroatoms. The summed E-state index contributed by atoms with van der Waals surface area (Å²) in [7, 11) is 0. The van der Waals surface area contributed by atoms with Crippen molar-refractivity contribution in [1.82, 2.24) is 9.80 Å². The van der Waals surface area contributed by atoms with Crippen LogP contribution in [0.2, 0.25) is 0 Å². The van der Waals surface area contributed by atoms with Crippen LogP contribution in [0.15, 0.2) is 0 Å². The molecular weight excluding hydrogens is 316 g/mol. The highest BCUT2D eigenvalue weighted by Gasteiger charge is 2.18. The van der Waals surface area contributed by atoms with Crippen molar-refractivity contribution in [3.63, 3.8) is 0 Å². The quantitative estimate of drug-likeness (QED) is 0.518. The van der Waals surface area contributed by atoms with Crippen molar-refractivity contribution in [3.8, 4) is 0 Å². The molecule has 24 heavy (non-hydrogen) atoms. The van der Waals surface area contributed by atoms with Crippen molar-refractivity contribution < 1.29 is 29.4 Å². The molecule has 0 saturated carbocycles. The van der Waals surface area contributed by atoms with E-state index in [0.717, 1.165) is 0 Å². The fourth-order valence-corrected chi connectivity index (χ4v) is 2.17. The lowest BCUT2D eigenvalue weighted by Crippen LogP contribution is -2.42. The monoisotopic (exact) mass is 344 g/mol. The van der Waals surface area contributed by atoms with E-state index < -0.39 is 11.9 Å². The average Bonchev–Trinajstić information content (AvgIpc) is 2.49. The number of rotatable bonds is 13. The summed E-state index contributed by atoms with van der Waals surface area (Å²) in [6.45, 7) is 4.31. The molecule has 0 aromatic heterocycles. The summed E-state index contributed by atoms with van der Waals surface area (Å²) < 4.78 is 0. The maximum Gasteiger partial charge on any atom is 0.305 e. The second-order valence-corrected chi connectivity index (χ2v) is 5.55. The van der Waals surface area contributed by atoms with E-state index in [9.17, 15) is 19.2 Å². The van der Waals surface area contributed by atoms with Crippen molar-refractivity contribution in [2.75, 3.05) is 26.2 Å². The molecule has 138 valence electrons. The van der Waals surface area contributed by atoms with Gasteiger partial charge in [-0.25, -0.2) is 0 Å². The Morgan fingerprint density at radius 3 is 1.21 bits per heavy atom. The number of hydrogen-bond acceptors (Lipinski definition) is 4. The Labute approximate surface area is 142 Å². The summed E-state index contributed by atoms with van der Waals surface area (Å²) >= 11 is 0. The molecule has 0 atom stereocenters. The second-order valence-electron chi connectivity index (χ2n) is 5.55. The molecular formula is C16H28N2O6. The standard InChI is InChI=1S/C16H28N2O6/c1-3-5-13(19)17(9-7-15(21)22)11-12-18(10-8-16(23)24)14(20)6-4-2/h3-12H2,1-2H3,(H,21,22)(H,23,24). The van der Waals surface area contributed by atoms with Gasteiger partial charge in [-0.05, 0) is 12.8 Å². The number of hydrogen-bond donors (Lipinski definition) is 2. The Morgan fingerprint density at radius 2 is 0.958 bits per heavy atom. The summed E-state index contributed by atoms with van der Waals surface area (Å²) in [4.78, 5) is 48.5. The zero-order valence-corrected chi connectivity index (χ0v) is 14.5. The van der Waals surface area contributed by atoms with Crippen LogP contribution in [0.5, 0.6) is 0 Å². The van der Waals surface area contributed by atoms with Crippen LogP contribution < -0.4 is 0 Å². The van der Waals surface area contributed by atoms with Crippen LogP contribution >= 0.6 is 0 Å². The molecule has 8 nitrogen and oxygen atoms in total. The summed E-state index contributed by atoms with van der Waals surface area (Å²) in [6, 6.07) is 0. The predicted octanol–water partition coefficient (Wildman–Crippen LogP) is 1.19. The molecule has 0 aromatic carbocycles. The van der Waals surface area contributed by atoms with Crippen molar-refractivity contribution >= 4 is 23.8 Å². The molecule has 0 spiro atoms. The fourth-order valence-electron chi connectivity index (χ4n) is 2.17. The lowest BCUT2D eigenvalue weighted by Gasteiger charge is -2.27. The number of nitrogens with zero attached hydrogens (tertiary/aromatic N) is 2. The lowest BCUT2D eigenvalue weighted by atomic mass is 10.2. The van der Waals surface area contributed by atoms with Gasteiger partial charge in [-0.1, -0.05) is 13.8 Å². The van der Waals surface area contributed by atoms with Gasteiger partial charge in [0.25, 0.3) is 0 Å². The van der Waals surface area contributed by atoms with Gasteiger partial charge >= 0.3 is 11.9 Å². The molecule has 0 radical (unpaired) electrons. The van der Waals surface area contributed by atoms with E-state index >= 15 is 0 Å². The smallest absolute Gasteiger partial charge is 0.305 e. The maximum atomic E-state index is 12.1. The first-order valence-corrected chi connectivity index (χ1v) is 8.30. The molecule has 0 bridgehead atoms. The third-order valence-electron chi connectivity index (χ3n) is 3.46. The number of aliphatic carboxylic acids is 2. The molecule has 0 aliphatic carbocycles. The number of amides is 2. The van der Waals surface area contributed by atoms with Crippen LogP contribution in [-0.4, -0.2) is 69.9 Å². The average molecular weight is 344 g/mol. The summed E-state index contributed by atoms with van der Waals surface area (Å²) in [5.41, 5.74) is 0. The van der Waals surface area contributed by atoms with Gasteiger partial charge < -0.3 is 20.0 Å². The Morgan fingerprint density at radius 1 is 0.625 bits per heavy atom. The minimum absolute atomic E-state index is 0.0862. The van der Waals surface area contributed by atoms with Crippen molar-refractivity contribution in [3.05, 3.63) is 0 Å². The number of carboxylic acids is 2. The number of carbonyl (C=O) groups excluding carboxylic acids is 2. The van der Waals surface area contributed by atoms with E-state index in [1.165, 1.54) is 9.80 Å². The molecule has 0 aliphatic rings. The van der Waals surface area contributed by atoms with Crippen LogP contribution in [0.3, 0.4) is 0 Å². The minimum atomic E-state index is -0.992. The fraction of sp³-hybridized carbons (Fsp3) is 0.750. The van der Waals surface area contributed by atoms with Crippen LogP contribution in [0.1, 0.15) is 52.4 Å². The van der Waals surface area contributed by atoms with Crippen molar-refractivity contribution in [2.45, 2.75) is 52.4 Å². The molecule has 0 aliphatic heterocycles. The van der Waals surface area contributed by atoms with E-state index in [0.29, 0.717) is 25.7 Å². The maximum absolute atomic E-state index is 12.1. The first kappa shape index (κ1) is 21.9. The highest BCUT2D eigenvalue weighted by atomic mass is 16.4. The van der Waals surface area contributed by atoms with Gasteiger partial charge in [0.2, 0.25) is 11.8 Å². The van der Waals surface area contributed by atoms with Gasteiger partial charge in [-0.3, -0.25) is 19.2 Å². The van der Waals surface area contributed by atoms with E-state index in [1.807, 2.05) is 13.8 Å². The first-order chi connectivity index (χ1) is 11.3. The van der Waals surface area contributed by atoms with Gasteiger partial charge in [-0.15, -0.1) is 0 Å². The van der Waals surface area contributed by atoms with Crippen LogP contribution in [0.4, 0.5) is 0 Å². The molecule has 2 N–H and O–H groups in total. The highest BCUT2D eigenvalue weighted by Crippen LogP contribution is 2.04. The van der Waals surface area contributed by atoms with Crippen molar-refractivity contribution in [2.24, 2.45) is 0 Å². The molecule has 0 saturated heterocycles. The Bertz CT molecular complexity index is 398. The minimum Gasteiger partial charge on any atom is -0.481 e. The van der Waals surface area contributed by atoms with Gasteiger partial charge in [-0.2, -0.15) is 0 Å². The van der Waals surface area contributed by atoms with E-state index in [-0.39, 0.29) is 50.8 Å². The number of carboxylic acid groups (broad SMARTS) is 2. The van der Waals surface area contributed by atoms with Gasteiger partial charge in [0.15, 0.2) is 0 Å². The SMILES string of the molecule is CCCC(=O)N(CCC(=O)O)CCN(CCC(=O)O)C(=O)CCC. The Kier molecular flexibility index (Phi) is 11.2. The normalized spacial score (nSPS) is 10.2. The molecule has 0 rings (SSSR count). The summed E-state index contributed by atoms with van der Waals surface area (Å²) in [6.07, 6.45) is 1.62. The Balaban J connectivity index is 4.78. The zero-order chi connectivity index (χ0) is 18.5. The third-order valence-corrected chi connectivity index (χ3v) is 3.46. The lowest BCUT2D eigenvalue weighted by molar-refractivity contribution is -0.141. The first-order valence-electron chi connectivity index (χ1n) is 8.30. The second kappa shape index (κ2) is 12.3. The molecule has 0 heterocycles. The largest absolute Gasteiger partial charge is 0.481 e. The van der Waals surface area contributed by atoms with Crippen molar-refractivity contribution in [1.29, 1.82) is 0 Å². The summed E-state index contributed by atoms with van der Waals surface area (Å²) in [5, 5.41) is 17.6. The zero-order valence-electron chi connectivity index (χ0n) is 14.5. The van der Waals surface area contributed by atoms with E-state index in [1.54, 1.807) is 0 Å². The topological polar surface area (TPSA) is 115 Å². The van der Waals surface area contributed by atoms with Gasteiger partial charge in [0.05, 0.1) is 12.8 Å². The molecule has 2 amide bonds.